The predicted molar refractivity (Wildman–Crippen MR) is 72.2 cm³/mol. The highest BCUT2D eigenvalue weighted by atomic mass is 35.5. The van der Waals surface area contributed by atoms with Gasteiger partial charge >= 0.3 is 0 Å². The summed E-state index contributed by atoms with van der Waals surface area (Å²) < 4.78 is 0. The van der Waals surface area contributed by atoms with Crippen LogP contribution in [0.2, 0.25) is 5.02 Å². The summed E-state index contributed by atoms with van der Waals surface area (Å²) >= 11 is 6.29. The number of hydrogen-bond donors (Lipinski definition) is 1. The molecule has 0 heterocycles. The average molecular weight is 241 g/mol. The molecule has 3 heteroatoms. The molecule has 0 fully saturated rings. The van der Waals surface area contributed by atoms with E-state index in [1.54, 1.807) is 0 Å². The topological polar surface area (TPSA) is 29.3 Å². The van der Waals surface area contributed by atoms with Crippen LogP contribution in [-0.4, -0.2) is 12.6 Å². The van der Waals surface area contributed by atoms with Crippen molar-refractivity contribution in [2.75, 3.05) is 11.4 Å². The van der Waals surface area contributed by atoms with Crippen molar-refractivity contribution in [3.05, 3.63) is 28.8 Å². The summed E-state index contributed by atoms with van der Waals surface area (Å²) in [4.78, 5) is 2.27. The van der Waals surface area contributed by atoms with Crippen LogP contribution in [0.3, 0.4) is 0 Å². The van der Waals surface area contributed by atoms with Crippen molar-refractivity contribution < 1.29 is 0 Å². The fourth-order valence-corrected chi connectivity index (χ4v) is 2.15. The van der Waals surface area contributed by atoms with Crippen molar-refractivity contribution in [1.82, 2.24) is 0 Å². The lowest BCUT2D eigenvalue weighted by molar-refractivity contribution is 0.703. The van der Waals surface area contributed by atoms with Crippen LogP contribution in [0.25, 0.3) is 0 Å². The van der Waals surface area contributed by atoms with Gasteiger partial charge in [0, 0.05) is 18.6 Å². The van der Waals surface area contributed by atoms with E-state index in [9.17, 15) is 0 Å². The van der Waals surface area contributed by atoms with Crippen molar-refractivity contribution >= 4 is 17.3 Å². The number of halogens is 1. The molecule has 0 unspecified atom stereocenters. The Balaban J connectivity index is 3.06. The lowest BCUT2D eigenvalue weighted by Gasteiger charge is -2.28. The van der Waals surface area contributed by atoms with E-state index < -0.39 is 0 Å². The first-order chi connectivity index (χ1) is 7.47. The minimum atomic E-state index is 0.0284. The molecule has 1 aromatic rings. The number of nitrogens with two attached hydrogens (primary N) is 1. The molecule has 0 aliphatic heterocycles. The zero-order valence-electron chi connectivity index (χ0n) is 10.5. The molecule has 16 heavy (non-hydrogen) atoms. The molecule has 0 aliphatic rings. The summed E-state index contributed by atoms with van der Waals surface area (Å²) in [5.41, 5.74) is 7.99. The molecule has 1 aromatic carbocycles. The zero-order chi connectivity index (χ0) is 12.3. The van der Waals surface area contributed by atoms with Gasteiger partial charge in [-0.25, -0.2) is 0 Å². The molecule has 0 bridgehead atoms. The van der Waals surface area contributed by atoms with E-state index in [4.69, 9.17) is 17.3 Å². The SMILES string of the molecule is CCN(c1ccc([C@@H](C)N)cc1Cl)C(C)C. The molecule has 1 rings (SSSR count). The van der Waals surface area contributed by atoms with Gasteiger partial charge in [0.15, 0.2) is 0 Å². The Morgan fingerprint density at radius 2 is 1.94 bits per heavy atom. The van der Waals surface area contributed by atoms with Gasteiger partial charge in [0.2, 0.25) is 0 Å². The molecule has 0 aromatic heterocycles. The number of nitrogens with zero attached hydrogens (tertiary/aromatic N) is 1. The molecule has 1 atom stereocenters. The van der Waals surface area contributed by atoms with Gasteiger partial charge in [0.25, 0.3) is 0 Å². The quantitative estimate of drug-likeness (QED) is 0.872. The van der Waals surface area contributed by atoms with Crippen LogP contribution in [0.1, 0.15) is 39.3 Å². The van der Waals surface area contributed by atoms with Crippen LogP contribution < -0.4 is 10.6 Å². The number of rotatable bonds is 4. The molecule has 2 N–H and O–H groups in total. The second-order valence-corrected chi connectivity index (χ2v) is 4.79. The van der Waals surface area contributed by atoms with Gasteiger partial charge < -0.3 is 10.6 Å². The molecule has 0 spiro atoms. The fraction of sp³-hybridized carbons (Fsp3) is 0.538. The molecule has 0 saturated heterocycles. The minimum Gasteiger partial charge on any atom is -0.368 e. The van der Waals surface area contributed by atoms with Crippen LogP contribution in [-0.2, 0) is 0 Å². The summed E-state index contributed by atoms with van der Waals surface area (Å²) in [6.07, 6.45) is 0. The minimum absolute atomic E-state index is 0.0284. The van der Waals surface area contributed by atoms with Crippen LogP contribution in [0.4, 0.5) is 5.69 Å². The molecule has 0 amide bonds. The molecule has 0 radical (unpaired) electrons. The normalized spacial score (nSPS) is 12.9. The van der Waals surface area contributed by atoms with Crippen molar-refractivity contribution in [2.24, 2.45) is 5.73 Å². The molecule has 0 aliphatic carbocycles. The largest absolute Gasteiger partial charge is 0.368 e. The van der Waals surface area contributed by atoms with Crippen LogP contribution in [0.15, 0.2) is 18.2 Å². The van der Waals surface area contributed by atoms with E-state index in [2.05, 4.69) is 37.8 Å². The lowest BCUT2D eigenvalue weighted by Crippen LogP contribution is -2.30. The Kier molecular flexibility index (Phi) is 4.63. The van der Waals surface area contributed by atoms with E-state index >= 15 is 0 Å². The maximum Gasteiger partial charge on any atom is 0.0642 e. The Hall–Kier alpha value is -0.730. The van der Waals surface area contributed by atoms with E-state index in [1.165, 1.54) is 0 Å². The van der Waals surface area contributed by atoms with Gasteiger partial charge in [-0.05, 0) is 45.4 Å². The third-order valence-electron chi connectivity index (χ3n) is 2.77. The lowest BCUT2D eigenvalue weighted by atomic mass is 10.1. The van der Waals surface area contributed by atoms with E-state index in [0.717, 1.165) is 22.8 Å². The first-order valence-corrected chi connectivity index (χ1v) is 6.16. The third kappa shape index (κ3) is 2.89. The smallest absolute Gasteiger partial charge is 0.0642 e. The Labute approximate surface area is 103 Å². The molecule has 2 nitrogen and oxygen atoms in total. The van der Waals surface area contributed by atoms with Crippen LogP contribution in [0.5, 0.6) is 0 Å². The monoisotopic (exact) mass is 240 g/mol. The number of hydrogen-bond acceptors (Lipinski definition) is 2. The van der Waals surface area contributed by atoms with Crippen molar-refractivity contribution in [3.8, 4) is 0 Å². The Morgan fingerprint density at radius 3 is 2.31 bits per heavy atom. The fourth-order valence-electron chi connectivity index (χ4n) is 1.85. The number of benzene rings is 1. The maximum absolute atomic E-state index is 6.29. The molecule has 0 saturated carbocycles. The summed E-state index contributed by atoms with van der Waals surface area (Å²) in [5.74, 6) is 0. The average Bonchev–Trinajstić information content (AvgIpc) is 2.20. The molecule has 90 valence electrons. The van der Waals surface area contributed by atoms with Gasteiger partial charge in [-0.1, -0.05) is 17.7 Å². The summed E-state index contributed by atoms with van der Waals surface area (Å²) in [5, 5.41) is 0.783. The zero-order valence-corrected chi connectivity index (χ0v) is 11.3. The van der Waals surface area contributed by atoms with Crippen molar-refractivity contribution in [1.29, 1.82) is 0 Å². The Morgan fingerprint density at radius 1 is 1.31 bits per heavy atom. The summed E-state index contributed by atoms with van der Waals surface area (Å²) in [7, 11) is 0. The number of anilines is 1. The standard InChI is InChI=1S/C13H21ClN2/c1-5-16(9(2)3)13-7-6-11(10(4)15)8-12(13)14/h6-10H,5,15H2,1-4H3/t10-/m1/s1. The second kappa shape index (κ2) is 5.55. The van der Waals surface area contributed by atoms with E-state index in [0.29, 0.717) is 6.04 Å². The first-order valence-electron chi connectivity index (χ1n) is 5.79. The van der Waals surface area contributed by atoms with Crippen molar-refractivity contribution in [3.63, 3.8) is 0 Å². The Bertz CT molecular complexity index is 348. The maximum atomic E-state index is 6.29. The van der Waals surface area contributed by atoms with Gasteiger partial charge in [-0.3, -0.25) is 0 Å². The highest BCUT2D eigenvalue weighted by molar-refractivity contribution is 6.33. The van der Waals surface area contributed by atoms with Crippen LogP contribution >= 0.6 is 11.6 Å². The summed E-state index contributed by atoms with van der Waals surface area (Å²) in [6, 6.07) is 6.55. The van der Waals surface area contributed by atoms with E-state index in [-0.39, 0.29) is 6.04 Å². The summed E-state index contributed by atoms with van der Waals surface area (Å²) in [6.45, 7) is 9.38. The predicted octanol–water partition coefficient (Wildman–Crippen LogP) is 3.59. The van der Waals surface area contributed by atoms with Gasteiger partial charge in [0.05, 0.1) is 10.7 Å². The highest BCUT2D eigenvalue weighted by Crippen LogP contribution is 2.29. The van der Waals surface area contributed by atoms with Crippen molar-refractivity contribution in [2.45, 2.75) is 39.8 Å². The van der Waals surface area contributed by atoms with E-state index in [1.807, 2.05) is 13.0 Å². The van der Waals surface area contributed by atoms with Gasteiger partial charge in [0.1, 0.15) is 0 Å². The van der Waals surface area contributed by atoms with Crippen LogP contribution in [0, 0.1) is 0 Å². The second-order valence-electron chi connectivity index (χ2n) is 4.38. The highest BCUT2D eigenvalue weighted by Gasteiger charge is 2.12. The molecular weight excluding hydrogens is 220 g/mol. The van der Waals surface area contributed by atoms with Gasteiger partial charge in [-0.2, -0.15) is 0 Å². The van der Waals surface area contributed by atoms with Gasteiger partial charge in [-0.15, -0.1) is 0 Å². The third-order valence-corrected chi connectivity index (χ3v) is 3.07. The molecular formula is C13H21ClN2. The first kappa shape index (κ1) is 13.3.